The average Bonchev–Trinajstić information content (AvgIpc) is 2.88. The highest BCUT2D eigenvalue weighted by molar-refractivity contribution is 7.09. The molecule has 2 aromatic rings. The SMILES string of the molecule is Cc1ncsc1C(C)NC(C)Cn1cccn1. The van der Waals surface area contributed by atoms with Crippen LogP contribution in [0.15, 0.2) is 24.0 Å². The van der Waals surface area contributed by atoms with E-state index >= 15 is 0 Å². The van der Waals surface area contributed by atoms with Crippen molar-refractivity contribution in [3.8, 4) is 0 Å². The molecular formula is C12H18N4S. The summed E-state index contributed by atoms with van der Waals surface area (Å²) in [5.74, 6) is 0. The highest BCUT2D eigenvalue weighted by Crippen LogP contribution is 2.21. The Kier molecular flexibility index (Phi) is 3.91. The zero-order valence-electron chi connectivity index (χ0n) is 10.4. The molecule has 1 N–H and O–H groups in total. The average molecular weight is 250 g/mol. The number of nitrogens with zero attached hydrogens (tertiary/aromatic N) is 3. The molecule has 0 amide bonds. The van der Waals surface area contributed by atoms with Crippen LogP contribution in [0.5, 0.6) is 0 Å². The molecule has 4 nitrogen and oxygen atoms in total. The van der Waals surface area contributed by atoms with E-state index in [1.54, 1.807) is 11.3 Å². The number of aromatic nitrogens is 3. The van der Waals surface area contributed by atoms with Crippen molar-refractivity contribution in [2.24, 2.45) is 0 Å². The van der Waals surface area contributed by atoms with Crippen molar-refractivity contribution in [1.29, 1.82) is 0 Å². The molecule has 0 fully saturated rings. The summed E-state index contributed by atoms with van der Waals surface area (Å²) in [6.07, 6.45) is 3.80. The van der Waals surface area contributed by atoms with Crippen molar-refractivity contribution in [1.82, 2.24) is 20.1 Å². The maximum Gasteiger partial charge on any atom is 0.0798 e. The van der Waals surface area contributed by atoms with E-state index in [2.05, 4.69) is 36.2 Å². The molecule has 2 rings (SSSR count). The van der Waals surface area contributed by atoms with E-state index in [0.29, 0.717) is 12.1 Å². The molecule has 0 aliphatic heterocycles. The Hall–Kier alpha value is -1.20. The zero-order valence-corrected chi connectivity index (χ0v) is 11.2. The molecule has 0 spiro atoms. The third-order valence-corrected chi connectivity index (χ3v) is 3.84. The first-order valence-corrected chi connectivity index (χ1v) is 6.68. The predicted molar refractivity (Wildman–Crippen MR) is 70.1 cm³/mol. The molecule has 2 heterocycles. The lowest BCUT2D eigenvalue weighted by Crippen LogP contribution is -2.32. The maximum absolute atomic E-state index is 4.28. The maximum atomic E-state index is 4.28. The Morgan fingerprint density at radius 2 is 2.29 bits per heavy atom. The molecule has 17 heavy (non-hydrogen) atoms. The van der Waals surface area contributed by atoms with E-state index in [1.807, 2.05) is 28.7 Å². The van der Waals surface area contributed by atoms with Crippen LogP contribution in [0.4, 0.5) is 0 Å². The van der Waals surface area contributed by atoms with Crippen LogP contribution in [0.3, 0.4) is 0 Å². The predicted octanol–water partition coefficient (Wildman–Crippen LogP) is 2.39. The van der Waals surface area contributed by atoms with Crippen molar-refractivity contribution in [3.63, 3.8) is 0 Å². The van der Waals surface area contributed by atoms with E-state index in [0.717, 1.165) is 12.2 Å². The molecule has 0 aliphatic rings. The highest BCUT2D eigenvalue weighted by Gasteiger charge is 2.13. The Labute approximate surface area is 106 Å². The topological polar surface area (TPSA) is 42.7 Å². The monoisotopic (exact) mass is 250 g/mol. The number of nitrogens with one attached hydrogen (secondary N) is 1. The molecule has 0 aliphatic carbocycles. The van der Waals surface area contributed by atoms with Crippen molar-refractivity contribution < 1.29 is 0 Å². The van der Waals surface area contributed by atoms with Gasteiger partial charge in [-0.05, 0) is 26.8 Å². The Morgan fingerprint density at radius 1 is 1.47 bits per heavy atom. The minimum atomic E-state index is 0.341. The van der Waals surface area contributed by atoms with Gasteiger partial charge in [-0.3, -0.25) is 4.68 Å². The summed E-state index contributed by atoms with van der Waals surface area (Å²) in [6.45, 7) is 7.30. The van der Waals surface area contributed by atoms with Gasteiger partial charge in [-0.1, -0.05) is 0 Å². The number of aryl methyl sites for hydroxylation is 1. The second-order valence-corrected chi connectivity index (χ2v) is 5.21. The summed E-state index contributed by atoms with van der Waals surface area (Å²) in [4.78, 5) is 5.60. The van der Waals surface area contributed by atoms with Gasteiger partial charge < -0.3 is 5.32 Å². The molecule has 5 heteroatoms. The fourth-order valence-corrected chi connectivity index (χ4v) is 2.79. The smallest absolute Gasteiger partial charge is 0.0798 e. The summed E-state index contributed by atoms with van der Waals surface area (Å²) in [6, 6.07) is 2.67. The van der Waals surface area contributed by atoms with Crippen LogP contribution in [0, 0.1) is 6.92 Å². The van der Waals surface area contributed by atoms with Gasteiger partial charge >= 0.3 is 0 Å². The largest absolute Gasteiger partial charge is 0.305 e. The van der Waals surface area contributed by atoms with Gasteiger partial charge in [0.25, 0.3) is 0 Å². The molecule has 92 valence electrons. The van der Waals surface area contributed by atoms with Crippen molar-refractivity contribution in [3.05, 3.63) is 34.5 Å². The summed E-state index contributed by atoms with van der Waals surface area (Å²) >= 11 is 1.71. The molecular weight excluding hydrogens is 232 g/mol. The van der Waals surface area contributed by atoms with E-state index in [1.165, 1.54) is 4.88 Å². The minimum absolute atomic E-state index is 0.341. The van der Waals surface area contributed by atoms with E-state index < -0.39 is 0 Å². The number of hydrogen-bond donors (Lipinski definition) is 1. The minimum Gasteiger partial charge on any atom is -0.305 e. The number of thiazole rings is 1. The van der Waals surface area contributed by atoms with Crippen LogP contribution in [0.1, 0.15) is 30.5 Å². The molecule has 0 aromatic carbocycles. The Morgan fingerprint density at radius 3 is 2.88 bits per heavy atom. The molecule has 0 saturated heterocycles. The standard InChI is InChI=1S/C12H18N4S/c1-9(7-16-6-4-5-14-16)15-11(3)12-10(2)13-8-17-12/h4-6,8-9,11,15H,7H2,1-3H3. The third-order valence-electron chi connectivity index (χ3n) is 2.73. The fraction of sp³-hybridized carbons (Fsp3) is 0.500. The van der Waals surface area contributed by atoms with Crippen molar-refractivity contribution >= 4 is 11.3 Å². The van der Waals surface area contributed by atoms with Gasteiger partial charge in [0.1, 0.15) is 0 Å². The van der Waals surface area contributed by atoms with Crippen LogP contribution in [-0.2, 0) is 6.54 Å². The first-order chi connectivity index (χ1) is 8.16. The normalized spacial score (nSPS) is 14.8. The van der Waals surface area contributed by atoms with Crippen LogP contribution in [-0.4, -0.2) is 20.8 Å². The molecule has 0 radical (unpaired) electrons. The summed E-state index contributed by atoms with van der Waals surface area (Å²) in [7, 11) is 0. The number of rotatable bonds is 5. The Balaban J connectivity index is 1.90. The van der Waals surface area contributed by atoms with Gasteiger partial charge in [-0.15, -0.1) is 11.3 Å². The van der Waals surface area contributed by atoms with Gasteiger partial charge in [0.15, 0.2) is 0 Å². The summed E-state index contributed by atoms with van der Waals surface area (Å²) in [5.41, 5.74) is 3.03. The lowest BCUT2D eigenvalue weighted by Gasteiger charge is -2.19. The highest BCUT2D eigenvalue weighted by atomic mass is 32.1. The first kappa shape index (κ1) is 12.3. The van der Waals surface area contributed by atoms with Gasteiger partial charge in [0.2, 0.25) is 0 Å². The molecule has 0 saturated carbocycles. The summed E-state index contributed by atoms with van der Waals surface area (Å²) in [5, 5.41) is 7.78. The van der Waals surface area contributed by atoms with Gasteiger partial charge in [0, 0.05) is 29.4 Å². The van der Waals surface area contributed by atoms with Gasteiger partial charge in [-0.25, -0.2) is 4.98 Å². The van der Waals surface area contributed by atoms with Crippen LogP contribution < -0.4 is 5.32 Å². The second kappa shape index (κ2) is 5.42. The van der Waals surface area contributed by atoms with E-state index in [9.17, 15) is 0 Å². The van der Waals surface area contributed by atoms with Gasteiger partial charge in [0.05, 0.1) is 17.7 Å². The lowest BCUT2D eigenvalue weighted by atomic mass is 10.2. The van der Waals surface area contributed by atoms with Crippen molar-refractivity contribution in [2.75, 3.05) is 0 Å². The zero-order chi connectivity index (χ0) is 12.3. The van der Waals surface area contributed by atoms with Crippen LogP contribution >= 0.6 is 11.3 Å². The molecule has 2 aromatic heterocycles. The number of hydrogen-bond acceptors (Lipinski definition) is 4. The molecule has 2 unspecified atom stereocenters. The van der Waals surface area contributed by atoms with Crippen LogP contribution in [0.25, 0.3) is 0 Å². The molecule has 0 bridgehead atoms. The van der Waals surface area contributed by atoms with E-state index in [-0.39, 0.29) is 0 Å². The quantitative estimate of drug-likeness (QED) is 0.886. The second-order valence-electron chi connectivity index (χ2n) is 4.32. The first-order valence-electron chi connectivity index (χ1n) is 5.80. The fourth-order valence-electron chi connectivity index (χ4n) is 1.97. The van der Waals surface area contributed by atoms with Crippen LogP contribution in [0.2, 0.25) is 0 Å². The Bertz CT molecular complexity index is 449. The van der Waals surface area contributed by atoms with E-state index in [4.69, 9.17) is 0 Å². The third kappa shape index (κ3) is 3.14. The summed E-state index contributed by atoms with van der Waals surface area (Å²) < 4.78 is 1.95. The lowest BCUT2D eigenvalue weighted by molar-refractivity contribution is 0.415. The van der Waals surface area contributed by atoms with Crippen molar-refractivity contribution in [2.45, 2.75) is 39.4 Å². The molecule has 2 atom stereocenters. The van der Waals surface area contributed by atoms with Gasteiger partial charge in [-0.2, -0.15) is 5.10 Å².